The molecule has 0 aliphatic heterocycles. The third-order valence-corrected chi connectivity index (χ3v) is 3.27. The normalized spacial score (nSPS) is 34.5. The van der Waals surface area contributed by atoms with Gasteiger partial charge in [-0.3, -0.25) is 0 Å². The first-order valence-electron chi connectivity index (χ1n) is 5.16. The van der Waals surface area contributed by atoms with Gasteiger partial charge in [0.15, 0.2) is 0 Å². The Labute approximate surface area is 90.1 Å². The zero-order valence-corrected chi connectivity index (χ0v) is 10.2. The van der Waals surface area contributed by atoms with Crippen molar-refractivity contribution in [1.29, 1.82) is 0 Å². The summed E-state index contributed by atoms with van der Waals surface area (Å²) in [6, 6.07) is 0.700. The third-order valence-electron chi connectivity index (χ3n) is 2.99. The van der Waals surface area contributed by atoms with E-state index in [1.165, 1.54) is 19.3 Å². The Hall–Kier alpha value is 0.180. The lowest BCUT2D eigenvalue weighted by atomic mass is 9.80. The molecule has 1 N–H and O–H groups in total. The lowest BCUT2D eigenvalue weighted by Crippen LogP contribution is -2.39. The molecule has 0 amide bonds. The monoisotopic (exact) mass is 245 g/mol. The molecule has 0 heterocycles. The zero-order valence-electron chi connectivity index (χ0n) is 8.65. The number of rotatable bonds is 3. The van der Waals surface area contributed by atoms with E-state index in [1.807, 2.05) is 0 Å². The predicted octanol–water partition coefficient (Wildman–Crippen LogP) is 3.31. The van der Waals surface area contributed by atoms with Crippen LogP contribution in [-0.2, 0) is 0 Å². The first-order valence-corrected chi connectivity index (χ1v) is 5.95. The van der Waals surface area contributed by atoms with E-state index in [-0.39, 0.29) is 0 Å². The van der Waals surface area contributed by atoms with E-state index in [0.29, 0.717) is 6.04 Å². The maximum atomic E-state index is 3.83. The van der Waals surface area contributed by atoms with Gasteiger partial charge in [0, 0.05) is 17.1 Å². The molecule has 1 rings (SSSR count). The van der Waals surface area contributed by atoms with Gasteiger partial charge in [-0.15, -0.1) is 0 Å². The van der Waals surface area contributed by atoms with Crippen LogP contribution in [0.15, 0.2) is 11.1 Å². The number of nitrogens with one attached hydrogen (secondary N) is 1. The highest BCUT2D eigenvalue weighted by Gasteiger charge is 2.24. The number of hydrogen-bond donors (Lipinski definition) is 1. The Morgan fingerprint density at radius 2 is 2.15 bits per heavy atom. The fourth-order valence-electron chi connectivity index (χ4n) is 2.21. The number of halogens is 1. The maximum Gasteiger partial charge on any atom is 0.0268 e. The molecule has 0 radical (unpaired) electrons. The molecule has 76 valence electrons. The molecule has 0 aromatic rings. The summed E-state index contributed by atoms with van der Waals surface area (Å²) in [5.74, 6) is 1.73. The van der Waals surface area contributed by atoms with Crippen molar-refractivity contribution in [1.82, 2.24) is 5.32 Å². The predicted molar refractivity (Wildman–Crippen MR) is 62.0 cm³/mol. The molecule has 0 aromatic heterocycles. The van der Waals surface area contributed by atoms with Crippen molar-refractivity contribution < 1.29 is 0 Å². The van der Waals surface area contributed by atoms with E-state index in [2.05, 4.69) is 41.7 Å². The molecule has 1 nitrogen and oxygen atoms in total. The van der Waals surface area contributed by atoms with Crippen LogP contribution in [0.25, 0.3) is 0 Å². The first kappa shape index (κ1) is 11.3. The minimum absolute atomic E-state index is 0.700. The third kappa shape index (κ3) is 3.82. The second kappa shape index (κ2) is 5.16. The van der Waals surface area contributed by atoms with Crippen molar-refractivity contribution in [3.8, 4) is 0 Å². The van der Waals surface area contributed by atoms with Crippen LogP contribution in [0.5, 0.6) is 0 Å². The summed E-state index contributed by atoms with van der Waals surface area (Å²) in [6.07, 6.45) is 4.06. The minimum atomic E-state index is 0.700. The van der Waals surface area contributed by atoms with E-state index in [0.717, 1.165) is 22.9 Å². The van der Waals surface area contributed by atoms with Gasteiger partial charge in [-0.2, -0.15) is 0 Å². The van der Waals surface area contributed by atoms with Crippen LogP contribution in [0.2, 0.25) is 0 Å². The van der Waals surface area contributed by atoms with Crippen molar-refractivity contribution in [2.45, 2.75) is 39.2 Å². The average Bonchev–Trinajstić information content (AvgIpc) is 2.02. The molecule has 0 aromatic carbocycles. The van der Waals surface area contributed by atoms with Gasteiger partial charge >= 0.3 is 0 Å². The summed E-state index contributed by atoms with van der Waals surface area (Å²) >= 11 is 3.38. The lowest BCUT2D eigenvalue weighted by Gasteiger charge is -2.33. The van der Waals surface area contributed by atoms with Crippen LogP contribution in [0.3, 0.4) is 0 Å². The molecule has 3 unspecified atom stereocenters. The summed E-state index contributed by atoms with van der Waals surface area (Å²) < 4.78 is 1.05. The summed E-state index contributed by atoms with van der Waals surface area (Å²) in [4.78, 5) is 0. The van der Waals surface area contributed by atoms with Crippen LogP contribution in [-0.4, -0.2) is 12.6 Å². The van der Waals surface area contributed by atoms with E-state index in [4.69, 9.17) is 0 Å². The topological polar surface area (TPSA) is 12.0 Å². The lowest BCUT2D eigenvalue weighted by molar-refractivity contribution is 0.233. The summed E-state index contributed by atoms with van der Waals surface area (Å²) in [7, 11) is 0. The van der Waals surface area contributed by atoms with Gasteiger partial charge in [-0.05, 0) is 31.1 Å². The largest absolute Gasteiger partial charge is 0.309 e. The Morgan fingerprint density at radius 3 is 2.69 bits per heavy atom. The SMILES string of the molecule is C=C(Br)CNC1CCC(C)CC1C. The van der Waals surface area contributed by atoms with Crippen molar-refractivity contribution in [3.63, 3.8) is 0 Å². The Balaban J connectivity index is 2.29. The smallest absolute Gasteiger partial charge is 0.0268 e. The van der Waals surface area contributed by atoms with Gasteiger partial charge in [0.2, 0.25) is 0 Å². The van der Waals surface area contributed by atoms with Gasteiger partial charge in [0.25, 0.3) is 0 Å². The standard InChI is InChI=1S/C11H20BrN/c1-8-4-5-11(9(2)6-8)13-7-10(3)12/h8-9,11,13H,3-7H2,1-2H3. The van der Waals surface area contributed by atoms with Crippen molar-refractivity contribution in [2.75, 3.05) is 6.54 Å². The van der Waals surface area contributed by atoms with Gasteiger partial charge in [0.1, 0.15) is 0 Å². The van der Waals surface area contributed by atoms with Crippen LogP contribution >= 0.6 is 15.9 Å². The Kier molecular flexibility index (Phi) is 4.47. The maximum absolute atomic E-state index is 3.83. The fraction of sp³-hybridized carbons (Fsp3) is 0.818. The molecule has 3 atom stereocenters. The fourth-order valence-corrected chi connectivity index (χ4v) is 2.37. The summed E-state index contributed by atoms with van der Waals surface area (Å²) in [6.45, 7) is 9.45. The summed E-state index contributed by atoms with van der Waals surface area (Å²) in [5, 5.41) is 3.54. The molecule has 1 saturated carbocycles. The molecular weight excluding hydrogens is 226 g/mol. The number of hydrogen-bond acceptors (Lipinski definition) is 1. The van der Waals surface area contributed by atoms with Crippen LogP contribution in [0, 0.1) is 11.8 Å². The van der Waals surface area contributed by atoms with E-state index in [9.17, 15) is 0 Å². The molecule has 1 aliphatic carbocycles. The molecule has 1 aliphatic rings. The van der Waals surface area contributed by atoms with Gasteiger partial charge in [0.05, 0.1) is 0 Å². The zero-order chi connectivity index (χ0) is 9.84. The Bertz CT molecular complexity index is 179. The minimum Gasteiger partial charge on any atom is -0.309 e. The quantitative estimate of drug-likeness (QED) is 0.805. The van der Waals surface area contributed by atoms with E-state index in [1.54, 1.807) is 0 Å². The molecule has 2 heteroatoms. The molecule has 0 saturated heterocycles. The molecule has 0 bridgehead atoms. The van der Waals surface area contributed by atoms with E-state index < -0.39 is 0 Å². The highest BCUT2D eigenvalue weighted by Crippen LogP contribution is 2.28. The van der Waals surface area contributed by atoms with E-state index >= 15 is 0 Å². The second-order valence-corrected chi connectivity index (χ2v) is 5.52. The van der Waals surface area contributed by atoms with Crippen molar-refractivity contribution in [2.24, 2.45) is 11.8 Å². The summed E-state index contributed by atoms with van der Waals surface area (Å²) in [5.41, 5.74) is 0. The van der Waals surface area contributed by atoms with Gasteiger partial charge in [-0.25, -0.2) is 0 Å². The molecular formula is C11H20BrN. The van der Waals surface area contributed by atoms with Crippen LogP contribution < -0.4 is 5.32 Å². The van der Waals surface area contributed by atoms with Crippen LogP contribution in [0.1, 0.15) is 33.1 Å². The Morgan fingerprint density at radius 1 is 1.46 bits per heavy atom. The van der Waals surface area contributed by atoms with Crippen molar-refractivity contribution >= 4 is 15.9 Å². The highest BCUT2D eigenvalue weighted by atomic mass is 79.9. The van der Waals surface area contributed by atoms with Gasteiger partial charge < -0.3 is 5.32 Å². The average molecular weight is 246 g/mol. The second-order valence-electron chi connectivity index (χ2n) is 4.40. The molecule has 1 fully saturated rings. The first-order chi connectivity index (χ1) is 6.09. The molecule has 13 heavy (non-hydrogen) atoms. The molecule has 0 spiro atoms. The van der Waals surface area contributed by atoms with Gasteiger partial charge in [-0.1, -0.05) is 36.4 Å². The van der Waals surface area contributed by atoms with Crippen LogP contribution in [0.4, 0.5) is 0 Å². The highest BCUT2D eigenvalue weighted by molar-refractivity contribution is 9.11. The van der Waals surface area contributed by atoms with Crippen molar-refractivity contribution in [3.05, 3.63) is 11.1 Å².